The van der Waals surface area contributed by atoms with Gasteiger partial charge in [-0.15, -0.1) is 0 Å². The van der Waals surface area contributed by atoms with Gasteiger partial charge >= 0.3 is 12.0 Å². The molecule has 2 unspecified atom stereocenters. The van der Waals surface area contributed by atoms with Crippen molar-refractivity contribution in [2.45, 2.75) is 31.9 Å². The van der Waals surface area contributed by atoms with E-state index >= 15 is 0 Å². The third-order valence-electron chi connectivity index (χ3n) is 3.75. The number of carboxylic acid groups (broad SMARTS) is 1. The number of anilines is 1. The van der Waals surface area contributed by atoms with E-state index in [-0.39, 0.29) is 17.4 Å². The zero-order chi connectivity index (χ0) is 15.6. The number of carbonyl (C=O) groups is 2. The molecule has 0 aromatic heterocycles. The van der Waals surface area contributed by atoms with E-state index in [9.17, 15) is 14.7 Å². The minimum atomic E-state index is -1.08. The van der Waals surface area contributed by atoms with Crippen LogP contribution in [0.15, 0.2) is 18.2 Å². The number of rotatable bonds is 3. The van der Waals surface area contributed by atoms with Crippen molar-refractivity contribution in [3.63, 3.8) is 0 Å². The molecule has 1 aliphatic heterocycles. The Bertz CT molecular complexity index is 578. The number of carboxylic acids is 1. The number of carbonyl (C=O) groups excluding carboxylic acids is 1. The average Bonchev–Trinajstić information content (AvgIpc) is 2.71. The van der Waals surface area contributed by atoms with Gasteiger partial charge in [0.25, 0.3) is 0 Å². The highest BCUT2D eigenvalue weighted by Crippen LogP contribution is 2.25. The van der Waals surface area contributed by atoms with E-state index in [0.717, 1.165) is 9.99 Å². The van der Waals surface area contributed by atoms with Crippen molar-refractivity contribution in [2.75, 3.05) is 11.9 Å². The van der Waals surface area contributed by atoms with E-state index in [1.807, 2.05) is 36.4 Å². The highest BCUT2D eigenvalue weighted by Gasteiger charge is 2.38. The van der Waals surface area contributed by atoms with E-state index in [1.54, 1.807) is 12.1 Å². The van der Waals surface area contributed by atoms with Crippen molar-refractivity contribution >= 4 is 40.3 Å². The lowest BCUT2D eigenvalue weighted by atomic mass is 9.95. The summed E-state index contributed by atoms with van der Waals surface area (Å²) < 4.78 is 6.25. The lowest BCUT2D eigenvalue weighted by Gasteiger charge is -2.29. The van der Waals surface area contributed by atoms with Gasteiger partial charge in [-0.2, -0.15) is 0 Å². The third-order valence-corrected chi connectivity index (χ3v) is 4.42. The summed E-state index contributed by atoms with van der Waals surface area (Å²) in [5, 5.41) is 14.7. The molecule has 6 nitrogen and oxygen atoms in total. The van der Waals surface area contributed by atoms with Crippen molar-refractivity contribution in [1.29, 1.82) is 0 Å². The fourth-order valence-electron chi connectivity index (χ4n) is 2.21. The second-order valence-corrected chi connectivity index (χ2v) is 6.50. The highest BCUT2D eigenvalue weighted by atomic mass is 127. The molecule has 114 valence electrons. The number of hydrogen-bond donors (Lipinski definition) is 3. The van der Waals surface area contributed by atoms with Crippen molar-refractivity contribution in [3.05, 3.63) is 27.3 Å². The van der Waals surface area contributed by atoms with Crippen molar-refractivity contribution in [1.82, 2.24) is 5.32 Å². The molecule has 0 bridgehead atoms. The van der Waals surface area contributed by atoms with Crippen molar-refractivity contribution < 1.29 is 19.4 Å². The van der Waals surface area contributed by atoms with Crippen LogP contribution in [0.3, 0.4) is 0 Å². The fraction of sp³-hybridized carbons (Fsp3) is 0.429. The maximum absolute atomic E-state index is 12.1. The lowest BCUT2D eigenvalue weighted by molar-refractivity contribution is 0.0698. The first kappa shape index (κ1) is 16.0. The molecule has 2 atom stereocenters. The standard InChI is InChI=1S/C14H17IN2O4/c1-8-14(2,5-6-21-8)17-13(20)16-11-4-3-9(15)7-10(11)12(18)19/h3-4,7-8H,5-6H2,1-2H3,(H,18,19)(H2,16,17,20). The maximum Gasteiger partial charge on any atom is 0.337 e. The molecule has 0 radical (unpaired) electrons. The summed E-state index contributed by atoms with van der Waals surface area (Å²) in [7, 11) is 0. The number of benzene rings is 1. The van der Waals surface area contributed by atoms with Gasteiger partial charge in [-0.05, 0) is 61.1 Å². The zero-order valence-electron chi connectivity index (χ0n) is 11.8. The van der Waals surface area contributed by atoms with Crippen LogP contribution in [0.5, 0.6) is 0 Å². The van der Waals surface area contributed by atoms with E-state index in [4.69, 9.17) is 4.74 Å². The van der Waals surface area contributed by atoms with Crippen LogP contribution in [-0.4, -0.2) is 35.4 Å². The molecular weight excluding hydrogens is 387 g/mol. The molecule has 1 aliphatic rings. The second-order valence-electron chi connectivity index (χ2n) is 5.25. The largest absolute Gasteiger partial charge is 0.478 e. The Morgan fingerprint density at radius 3 is 2.76 bits per heavy atom. The number of nitrogens with one attached hydrogen (secondary N) is 2. The van der Waals surface area contributed by atoms with Crippen LogP contribution >= 0.6 is 22.6 Å². The normalized spacial score (nSPS) is 24.6. The molecule has 1 aromatic carbocycles. The third kappa shape index (κ3) is 3.65. The molecule has 2 rings (SSSR count). The Balaban J connectivity index is 2.11. The molecule has 2 amide bonds. The quantitative estimate of drug-likeness (QED) is 0.677. The van der Waals surface area contributed by atoms with Crippen LogP contribution in [0.4, 0.5) is 10.5 Å². The van der Waals surface area contributed by atoms with Crippen LogP contribution in [0.25, 0.3) is 0 Å². The molecule has 3 N–H and O–H groups in total. The van der Waals surface area contributed by atoms with Crippen LogP contribution in [-0.2, 0) is 4.74 Å². The van der Waals surface area contributed by atoms with Gasteiger partial charge in [-0.1, -0.05) is 0 Å². The summed E-state index contributed by atoms with van der Waals surface area (Å²) in [5.41, 5.74) is -0.107. The van der Waals surface area contributed by atoms with Crippen LogP contribution < -0.4 is 10.6 Å². The molecule has 1 aromatic rings. The van der Waals surface area contributed by atoms with Gasteiger partial charge in [0.2, 0.25) is 0 Å². The Morgan fingerprint density at radius 2 is 2.19 bits per heavy atom. The smallest absolute Gasteiger partial charge is 0.337 e. The SMILES string of the molecule is CC1OCCC1(C)NC(=O)Nc1ccc(I)cc1C(=O)O. The predicted octanol–water partition coefficient (Wildman–Crippen LogP) is 2.68. The first-order valence-corrected chi connectivity index (χ1v) is 7.63. The number of amides is 2. The lowest BCUT2D eigenvalue weighted by Crippen LogP contribution is -2.52. The predicted molar refractivity (Wildman–Crippen MR) is 86.7 cm³/mol. The van der Waals surface area contributed by atoms with Crippen LogP contribution in [0, 0.1) is 3.57 Å². The Hall–Kier alpha value is -1.35. The Kier molecular flexibility index (Phi) is 4.72. The summed E-state index contributed by atoms with van der Waals surface area (Å²) >= 11 is 2.03. The number of urea groups is 1. The van der Waals surface area contributed by atoms with E-state index in [0.29, 0.717) is 6.61 Å². The molecule has 7 heteroatoms. The van der Waals surface area contributed by atoms with Crippen LogP contribution in [0.1, 0.15) is 30.6 Å². The monoisotopic (exact) mass is 404 g/mol. The molecule has 21 heavy (non-hydrogen) atoms. The molecule has 1 fully saturated rings. The van der Waals surface area contributed by atoms with Crippen molar-refractivity contribution in [2.24, 2.45) is 0 Å². The molecule has 1 heterocycles. The second kappa shape index (κ2) is 6.18. The van der Waals surface area contributed by atoms with Gasteiger partial charge in [0.15, 0.2) is 0 Å². The first-order chi connectivity index (χ1) is 9.82. The van der Waals surface area contributed by atoms with Gasteiger partial charge in [0, 0.05) is 10.2 Å². The number of aromatic carboxylic acids is 1. The van der Waals surface area contributed by atoms with Gasteiger partial charge in [-0.3, -0.25) is 0 Å². The highest BCUT2D eigenvalue weighted by molar-refractivity contribution is 14.1. The Morgan fingerprint density at radius 1 is 1.48 bits per heavy atom. The Labute approximate surface area is 136 Å². The zero-order valence-corrected chi connectivity index (χ0v) is 13.9. The fourth-order valence-corrected chi connectivity index (χ4v) is 2.71. The van der Waals surface area contributed by atoms with Crippen LogP contribution in [0.2, 0.25) is 0 Å². The van der Waals surface area contributed by atoms with E-state index < -0.39 is 17.5 Å². The minimum absolute atomic E-state index is 0.0675. The first-order valence-electron chi connectivity index (χ1n) is 6.55. The van der Waals surface area contributed by atoms with Gasteiger partial charge in [0.1, 0.15) is 0 Å². The average molecular weight is 404 g/mol. The van der Waals surface area contributed by atoms with E-state index in [1.165, 1.54) is 6.07 Å². The van der Waals surface area contributed by atoms with Gasteiger partial charge in [-0.25, -0.2) is 9.59 Å². The summed E-state index contributed by atoms with van der Waals surface area (Å²) in [6.45, 7) is 4.42. The van der Waals surface area contributed by atoms with E-state index in [2.05, 4.69) is 10.6 Å². The summed E-state index contributed by atoms with van der Waals surface area (Å²) in [5.74, 6) is -1.08. The number of halogens is 1. The molecule has 0 saturated carbocycles. The molecule has 1 saturated heterocycles. The topological polar surface area (TPSA) is 87.7 Å². The number of hydrogen-bond acceptors (Lipinski definition) is 3. The van der Waals surface area contributed by atoms with Gasteiger partial charge < -0.3 is 20.5 Å². The van der Waals surface area contributed by atoms with Gasteiger partial charge in [0.05, 0.1) is 22.9 Å². The molecule has 0 spiro atoms. The summed E-state index contributed by atoms with van der Waals surface area (Å²) in [6.07, 6.45) is 0.638. The van der Waals surface area contributed by atoms with Crippen molar-refractivity contribution in [3.8, 4) is 0 Å². The molecular formula is C14H17IN2O4. The number of ether oxygens (including phenoxy) is 1. The molecule has 0 aliphatic carbocycles. The maximum atomic E-state index is 12.1. The summed E-state index contributed by atoms with van der Waals surface area (Å²) in [6, 6.07) is 4.41. The summed E-state index contributed by atoms with van der Waals surface area (Å²) in [4.78, 5) is 23.3. The minimum Gasteiger partial charge on any atom is -0.478 e.